The lowest BCUT2D eigenvalue weighted by atomic mass is 9.94. The van der Waals surface area contributed by atoms with Crippen molar-refractivity contribution in [2.45, 2.75) is 32.2 Å². The topological polar surface area (TPSA) is 96.6 Å². The number of nitrogens with zero attached hydrogens (tertiary/aromatic N) is 3. The van der Waals surface area contributed by atoms with E-state index in [2.05, 4.69) is 31.2 Å². The fourth-order valence-electron chi connectivity index (χ4n) is 3.15. The Morgan fingerprint density at radius 2 is 2.07 bits per heavy atom. The lowest BCUT2D eigenvalue weighted by molar-refractivity contribution is -0.142. The highest BCUT2D eigenvalue weighted by Gasteiger charge is 2.20. The van der Waals surface area contributed by atoms with Crippen molar-refractivity contribution in [2.75, 3.05) is 11.9 Å². The molecule has 0 fully saturated rings. The molecule has 2 aromatic rings. The molecular formula is C19H21BrN4O3. The molecule has 0 saturated carbocycles. The number of halogens is 1. The summed E-state index contributed by atoms with van der Waals surface area (Å²) in [4.78, 5) is 31.9. The van der Waals surface area contributed by atoms with Crippen LogP contribution in [-0.4, -0.2) is 39.3 Å². The number of carboxylic acid groups (broad SMARTS) is 1. The highest BCUT2D eigenvalue weighted by atomic mass is 79.9. The average molecular weight is 433 g/mol. The Morgan fingerprint density at radius 3 is 2.81 bits per heavy atom. The summed E-state index contributed by atoms with van der Waals surface area (Å²) < 4.78 is 2.80. The number of hydrogen-bond donors (Lipinski definition) is 2. The molecule has 0 spiro atoms. The number of carboxylic acids is 1. The van der Waals surface area contributed by atoms with Gasteiger partial charge in [0, 0.05) is 11.0 Å². The number of benzene rings is 1. The van der Waals surface area contributed by atoms with Crippen LogP contribution < -0.4 is 5.32 Å². The summed E-state index contributed by atoms with van der Waals surface area (Å²) in [5, 5.41) is 12.4. The molecule has 0 radical (unpaired) electrons. The molecule has 1 aliphatic rings. The van der Waals surface area contributed by atoms with Crippen LogP contribution in [0.3, 0.4) is 0 Å². The van der Waals surface area contributed by atoms with E-state index >= 15 is 0 Å². The molecule has 142 valence electrons. The molecule has 7 nitrogen and oxygen atoms in total. The molecule has 27 heavy (non-hydrogen) atoms. The van der Waals surface area contributed by atoms with Gasteiger partial charge in [-0.25, -0.2) is 4.98 Å². The highest BCUT2D eigenvalue weighted by molar-refractivity contribution is 9.10. The van der Waals surface area contributed by atoms with Gasteiger partial charge in [0.15, 0.2) is 5.82 Å². The number of aryl methyl sites for hydroxylation is 1. The van der Waals surface area contributed by atoms with E-state index in [4.69, 9.17) is 0 Å². The van der Waals surface area contributed by atoms with Gasteiger partial charge in [0.2, 0.25) is 5.78 Å². The number of unbranched alkanes of at least 4 members (excludes halogenated alkanes) is 1. The predicted molar refractivity (Wildman–Crippen MR) is 106 cm³/mol. The van der Waals surface area contributed by atoms with E-state index in [1.165, 1.54) is 6.34 Å². The van der Waals surface area contributed by atoms with E-state index in [1.807, 2.05) is 28.8 Å². The van der Waals surface area contributed by atoms with Crippen molar-refractivity contribution in [1.29, 1.82) is 0 Å². The zero-order valence-electron chi connectivity index (χ0n) is 14.8. The number of imidazole rings is 1. The second kappa shape index (κ2) is 8.94. The van der Waals surface area contributed by atoms with Gasteiger partial charge in [-0.3, -0.25) is 14.6 Å². The minimum absolute atomic E-state index is 0.0672. The lowest BCUT2D eigenvalue weighted by Gasteiger charge is -2.13. The van der Waals surface area contributed by atoms with Gasteiger partial charge < -0.3 is 15.0 Å². The zero-order valence-corrected chi connectivity index (χ0v) is 16.4. The first-order chi connectivity index (χ1) is 13.0. The summed E-state index contributed by atoms with van der Waals surface area (Å²) >= 11 is 3.39. The smallest absolute Gasteiger partial charge is 0.306 e. The number of anilines is 1. The summed E-state index contributed by atoms with van der Waals surface area (Å²) in [6, 6.07) is 7.74. The molecule has 0 aliphatic carbocycles. The summed E-state index contributed by atoms with van der Waals surface area (Å²) in [6.45, 7) is 0.736. The number of carbonyl (C=O) groups is 2. The molecule has 1 unspecified atom stereocenters. The Balaban J connectivity index is 1.53. The normalized spacial score (nSPS) is 14.3. The molecule has 8 heteroatoms. The van der Waals surface area contributed by atoms with Crippen molar-refractivity contribution in [2.24, 2.45) is 10.9 Å². The fourth-order valence-corrected chi connectivity index (χ4v) is 3.42. The van der Waals surface area contributed by atoms with Crippen molar-refractivity contribution in [3.63, 3.8) is 0 Å². The zero-order chi connectivity index (χ0) is 19.2. The Bertz CT molecular complexity index is 845. The highest BCUT2D eigenvalue weighted by Crippen LogP contribution is 2.20. The standard InChI is InChI=1S/C19H21BrN4O3/c20-15-6-4-13(5-7-15)9-14(19(26)27)3-1-2-8-24-12-23-18-17(24)16(25)10-21-11-22-18/h4-7,11-12,14H,1-3,8-10H2,(H,21,22)(H,26,27). The number of ketones is 1. The SMILES string of the molecule is O=C1CN=CNc2ncn(CCCCC(Cc3ccc(Br)cc3)C(=O)O)c21. The van der Waals surface area contributed by atoms with Crippen LogP contribution in [0, 0.1) is 5.92 Å². The molecule has 2 heterocycles. The van der Waals surface area contributed by atoms with E-state index in [9.17, 15) is 14.7 Å². The van der Waals surface area contributed by atoms with E-state index in [0.29, 0.717) is 30.9 Å². The number of aromatic nitrogens is 2. The third-order valence-corrected chi connectivity index (χ3v) is 5.10. The quantitative estimate of drug-likeness (QED) is 0.623. The number of carbonyl (C=O) groups excluding carboxylic acids is 1. The van der Waals surface area contributed by atoms with Crippen molar-refractivity contribution in [3.05, 3.63) is 46.3 Å². The third-order valence-electron chi connectivity index (χ3n) is 4.58. The number of fused-ring (bicyclic) bond motifs is 1. The number of aliphatic carboxylic acids is 1. The van der Waals surface area contributed by atoms with Crippen molar-refractivity contribution in [3.8, 4) is 0 Å². The van der Waals surface area contributed by atoms with Gasteiger partial charge in [-0.05, 0) is 37.0 Å². The number of aliphatic imine (C=N–C) groups is 1. The molecule has 0 amide bonds. The van der Waals surface area contributed by atoms with Gasteiger partial charge in [-0.2, -0.15) is 0 Å². The molecule has 2 N–H and O–H groups in total. The summed E-state index contributed by atoms with van der Waals surface area (Å²) in [5.74, 6) is -0.726. The molecular weight excluding hydrogens is 412 g/mol. The van der Waals surface area contributed by atoms with E-state index in [0.717, 1.165) is 22.9 Å². The van der Waals surface area contributed by atoms with Gasteiger partial charge in [0.1, 0.15) is 12.2 Å². The summed E-state index contributed by atoms with van der Waals surface area (Å²) in [7, 11) is 0. The maximum Gasteiger partial charge on any atom is 0.306 e. The van der Waals surface area contributed by atoms with Crippen LogP contribution in [0.15, 0.2) is 40.1 Å². The molecule has 1 atom stereocenters. The molecule has 0 saturated heterocycles. The first-order valence-corrected chi connectivity index (χ1v) is 9.64. The minimum Gasteiger partial charge on any atom is -0.481 e. The minimum atomic E-state index is -0.772. The van der Waals surface area contributed by atoms with Crippen LogP contribution in [0.1, 0.15) is 35.3 Å². The Hall–Kier alpha value is -2.48. The Labute approximate surface area is 165 Å². The molecule has 1 aliphatic heterocycles. The van der Waals surface area contributed by atoms with Crippen LogP contribution in [0.2, 0.25) is 0 Å². The lowest BCUT2D eigenvalue weighted by Crippen LogP contribution is -2.17. The molecule has 1 aromatic heterocycles. The monoisotopic (exact) mass is 432 g/mol. The Kier molecular flexibility index (Phi) is 6.39. The van der Waals surface area contributed by atoms with E-state index in [-0.39, 0.29) is 12.3 Å². The number of nitrogens with one attached hydrogen (secondary N) is 1. The van der Waals surface area contributed by atoms with Gasteiger partial charge in [0.05, 0.1) is 18.6 Å². The third kappa shape index (κ3) is 5.03. The predicted octanol–water partition coefficient (Wildman–Crippen LogP) is 3.40. The first kappa shape index (κ1) is 19.3. The van der Waals surface area contributed by atoms with Gasteiger partial charge in [-0.1, -0.05) is 34.5 Å². The van der Waals surface area contributed by atoms with Crippen molar-refractivity contribution < 1.29 is 14.7 Å². The van der Waals surface area contributed by atoms with Crippen LogP contribution in [0.25, 0.3) is 0 Å². The van der Waals surface area contributed by atoms with Crippen LogP contribution in [-0.2, 0) is 17.8 Å². The van der Waals surface area contributed by atoms with Crippen LogP contribution in [0.4, 0.5) is 5.82 Å². The van der Waals surface area contributed by atoms with Gasteiger partial charge in [0.25, 0.3) is 0 Å². The van der Waals surface area contributed by atoms with Crippen molar-refractivity contribution >= 4 is 39.8 Å². The van der Waals surface area contributed by atoms with E-state index in [1.54, 1.807) is 6.33 Å². The second-order valence-corrected chi connectivity index (χ2v) is 7.45. The Morgan fingerprint density at radius 1 is 1.30 bits per heavy atom. The fraction of sp³-hybridized carbons (Fsp3) is 0.368. The number of rotatable bonds is 8. The van der Waals surface area contributed by atoms with Gasteiger partial charge in [-0.15, -0.1) is 0 Å². The van der Waals surface area contributed by atoms with Gasteiger partial charge >= 0.3 is 5.97 Å². The first-order valence-electron chi connectivity index (χ1n) is 8.85. The maximum atomic E-state index is 12.1. The average Bonchev–Trinajstić information content (AvgIpc) is 2.96. The van der Waals surface area contributed by atoms with Crippen molar-refractivity contribution in [1.82, 2.24) is 9.55 Å². The maximum absolute atomic E-state index is 12.1. The number of Topliss-reactive ketones (excluding diaryl/α,β-unsaturated/α-hetero) is 1. The number of hydrogen-bond acceptors (Lipinski definition) is 5. The largest absolute Gasteiger partial charge is 0.481 e. The van der Waals surface area contributed by atoms with E-state index < -0.39 is 11.9 Å². The molecule has 0 bridgehead atoms. The summed E-state index contributed by atoms with van der Waals surface area (Å²) in [5.41, 5.74) is 1.55. The second-order valence-electron chi connectivity index (χ2n) is 6.53. The summed E-state index contributed by atoms with van der Waals surface area (Å²) in [6.07, 6.45) is 5.78. The van der Waals surface area contributed by atoms with Crippen LogP contribution >= 0.6 is 15.9 Å². The molecule has 1 aromatic carbocycles. The van der Waals surface area contributed by atoms with Crippen LogP contribution in [0.5, 0.6) is 0 Å². The molecule has 3 rings (SSSR count).